The molecule has 1 fully saturated rings. The Morgan fingerprint density at radius 1 is 1.69 bits per heavy atom. The van der Waals surface area contributed by atoms with Crippen LogP contribution in [0, 0.1) is 5.92 Å². The van der Waals surface area contributed by atoms with E-state index in [0.29, 0.717) is 4.34 Å². The maximum Gasteiger partial charge on any atom is 0.309 e. The van der Waals surface area contributed by atoms with Crippen molar-refractivity contribution >= 4 is 34.8 Å². The standard InChI is InChI=1S/C10H10ClNO3S/c1-10(6-2-3-7(11)16-6)5(9(14)15)4-8(13)12-10/h2-3,5H,4H2,1H3,(H,12,13)(H,14,15)/t5-,10+/m1/s1. The van der Waals surface area contributed by atoms with Crippen molar-refractivity contribution in [2.24, 2.45) is 5.92 Å². The minimum absolute atomic E-state index is 0.0152. The van der Waals surface area contributed by atoms with Gasteiger partial charge in [-0.2, -0.15) is 0 Å². The van der Waals surface area contributed by atoms with Gasteiger partial charge in [0, 0.05) is 11.3 Å². The number of carboxylic acids is 1. The van der Waals surface area contributed by atoms with Gasteiger partial charge in [-0.15, -0.1) is 11.3 Å². The number of thiophene rings is 1. The number of halogens is 1. The fourth-order valence-electron chi connectivity index (χ4n) is 1.98. The van der Waals surface area contributed by atoms with Crippen molar-refractivity contribution in [2.45, 2.75) is 18.9 Å². The molecule has 1 aliphatic heterocycles. The zero-order valence-corrected chi connectivity index (χ0v) is 10.1. The monoisotopic (exact) mass is 259 g/mol. The van der Waals surface area contributed by atoms with Crippen LogP contribution in [0.1, 0.15) is 18.2 Å². The number of carbonyl (C=O) groups excluding carboxylic acids is 1. The van der Waals surface area contributed by atoms with Crippen LogP contribution in [0.3, 0.4) is 0 Å². The number of carbonyl (C=O) groups is 2. The quantitative estimate of drug-likeness (QED) is 0.852. The first-order valence-corrected chi connectivity index (χ1v) is 5.92. The van der Waals surface area contributed by atoms with Gasteiger partial charge in [0.2, 0.25) is 5.91 Å². The molecule has 1 aromatic heterocycles. The molecule has 16 heavy (non-hydrogen) atoms. The van der Waals surface area contributed by atoms with Crippen LogP contribution in [0.15, 0.2) is 12.1 Å². The van der Waals surface area contributed by atoms with E-state index in [-0.39, 0.29) is 12.3 Å². The highest BCUT2D eigenvalue weighted by atomic mass is 35.5. The fraction of sp³-hybridized carbons (Fsp3) is 0.400. The average molecular weight is 260 g/mol. The smallest absolute Gasteiger partial charge is 0.309 e. The summed E-state index contributed by atoms with van der Waals surface area (Å²) in [6, 6.07) is 3.46. The Balaban J connectivity index is 2.42. The lowest BCUT2D eigenvalue weighted by atomic mass is 9.86. The van der Waals surface area contributed by atoms with Gasteiger partial charge < -0.3 is 10.4 Å². The van der Waals surface area contributed by atoms with E-state index in [1.165, 1.54) is 11.3 Å². The van der Waals surface area contributed by atoms with Crippen molar-refractivity contribution in [3.05, 3.63) is 21.3 Å². The molecule has 0 spiro atoms. The molecule has 86 valence electrons. The van der Waals surface area contributed by atoms with Gasteiger partial charge in [0.15, 0.2) is 0 Å². The van der Waals surface area contributed by atoms with E-state index in [0.717, 1.165) is 4.88 Å². The Morgan fingerprint density at radius 2 is 2.38 bits per heavy atom. The molecule has 1 aliphatic rings. The van der Waals surface area contributed by atoms with Crippen LogP contribution < -0.4 is 5.32 Å². The lowest BCUT2D eigenvalue weighted by Gasteiger charge is -2.27. The first-order valence-electron chi connectivity index (χ1n) is 4.73. The van der Waals surface area contributed by atoms with Gasteiger partial charge in [0.25, 0.3) is 0 Å². The molecule has 1 aromatic rings. The van der Waals surface area contributed by atoms with Crippen molar-refractivity contribution in [3.8, 4) is 0 Å². The SMILES string of the molecule is C[C@]1(c2ccc(Cl)s2)NC(=O)C[C@@H]1C(=O)O. The number of hydrogen-bond donors (Lipinski definition) is 2. The average Bonchev–Trinajstić information content (AvgIpc) is 2.71. The Kier molecular flexibility index (Phi) is 2.67. The molecule has 0 aliphatic carbocycles. The molecule has 0 saturated carbocycles. The molecule has 2 rings (SSSR count). The van der Waals surface area contributed by atoms with Crippen molar-refractivity contribution in [1.82, 2.24) is 5.32 Å². The van der Waals surface area contributed by atoms with Gasteiger partial charge in [-0.3, -0.25) is 9.59 Å². The Labute approximate surface area is 101 Å². The molecule has 4 nitrogen and oxygen atoms in total. The first-order chi connectivity index (χ1) is 7.43. The number of hydrogen-bond acceptors (Lipinski definition) is 3. The maximum atomic E-state index is 11.4. The minimum Gasteiger partial charge on any atom is -0.481 e. The molecule has 1 amide bonds. The zero-order valence-electron chi connectivity index (χ0n) is 8.49. The van der Waals surface area contributed by atoms with E-state index in [4.69, 9.17) is 16.7 Å². The molecule has 0 aromatic carbocycles. The highest BCUT2D eigenvalue weighted by Crippen LogP contribution is 2.41. The molecule has 1 saturated heterocycles. The summed E-state index contributed by atoms with van der Waals surface area (Å²) in [6.45, 7) is 1.72. The van der Waals surface area contributed by atoms with Gasteiger partial charge in [-0.25, -0.2) is 0 Å². The molecule has 0 radical (unpaired) electrons. The van der Waals surface area contributed by atoms with Gasteiger partial charge in [-0.05, 0) is 19.1 Å². The number of nitrogens with one attached hydrogen (secondary N) is 1. The lowest BCUT2D eigenvalue weighted by molar-refractivity contribution is -0.143. The molecule has 6 heteroatoms. The van der Waals surface area contributed by atoms with Crippen LogP contribution in [0.25, 0.3) is 0 Å². The summed E-state index contributed by atoms with van der Waals surface area (Å²) in [6.07, 6.45) is 0.0152. The third kappa shape index (κ3) is 1.70. The normalized spacial score (nSPS) is 29.1. The van der Waals surface area contributed by atoms with Gasteiger partial charge >= 0.3 is 5.97 Å². The highest BCUT2D eigenvalue weighted by molar-refractivity contribution is 7.16. The summed E-state index contributed by atoms with van der Waals surface area (Å²) in [4.78, 5) is 23.2. The summed E-state index contributed by atoms with van der Waals surface area (Å²) in [5.74, 6) is -1.94. The van der Waals surface area contributed by atoms with Crippen LogP contribution in [-0.4, -0.2) is 17.0 Å². The van der Waals surface area contributed by atoms with Crippen molar-refractivity contribution in [3.63, 3.8) is 0 Å². The molecular weight excluding hydrogens is 250 g/mol. The van der Waals surface area contributed by atoms with Crippen LogP contribution in [0.5, 0.6) is 0 Å². The van der Waals surface area contributed by atoms with E-state index >= 15 is 0 Å². The zero-order chi connectivity index (χ0) is 11.9. The van der Waals surface area contributed by atoms with Crippen molar-refractivity contribution in [2.75, 3.05) is 0 Å². The lowest BCUT2D eigenvalue weighted by Crippen LogP contribution is -2.42. The van der Waals surface area contributed by atoms with Crippen LogP contribution in [0.2, 0.25) is 4.34 Å². The Hall–Kier alpha value is -1.07. The van der Waals surface area contributed by atoms with E-state index < -0.39 is 17.4 Å². The number of aliphatic carboxylic acids is 1. The van der Waals surface area contributed by atoms with Crippen LogP contribution >= 0.6 is 22.9 Å². The van der Waals surface area contributed by atoms with Crippen molar-refractivity contribution < 1.29 is 14.7 Å². The minimum atomic E-state index is -0.967. The predicted octanol–water partition coefficient (Wildman–Crippen LogP) is 1.84. The second-order valence-corrected chi connectivity index (χ2v) is 5.66. The fourth-order valence-corrected chi connectivity index (χ4v) is 3.18. The maximum absolute atomic E-state index is 11.4. The number of carboxylic acid groups (broad SMARTS) is 1. The molecule has 0 unspecified atom stereocenters. The van der Waals surface area contributed by atoms with E-state index in [1.807, 2.05) is 0 Å². The third-order valence-electron chi connectivity index (χ3n) is 2.87. The third-order valence-corrected chi connectivity index (χ3v) is 4.34. The summed E-state index contributed by atoms with van der Waals surface area (Å²) in [5, 5.41) is 11.8. The molecule has 2 N–H and O–H groups in total. The van der Waals surface area contributed by atoms with Crippen LogP contribution in [-0.2, 0) is 15.1 Å². The second-order valence-electron chi connectivity index (χ2n) is 3.95. The molecular formula is C10H10ClNO3S. The number of rotatable bonds is 2. The van der Waals surface area contributed by atoms with E-state index in [9.17, 15) is 9.59 Å². The summed E-state index contributed by atoms with van der Waals surface area (Å²) in [5.41, 5.74) is -0.847. The second kappa shape index (κ2) is 3.75. The topological polar surface area (TPSA) is 66.4 Å². The Bertz CT molecular complexity index is 459. The van der Waals surface area contributed by atoms with Crippen molar-refractivity contribution in [1.29, 1.82) is 0 Å². The molecule has 2 heterocycles. The van der Waals surface area contributed by atoms with Gasteiger partial charge in [0.1, 0.15) is 0 Å². The van der Waals surface area contributed by atoms with Crippen LogP contribution in [0.4, 0.5) is 0 Å². The number of amides is 1. The van der Waals surface area contributed by atoms with E-state index in [2.05, 4.69) is 5.32 Å². The highest BCUT2D eigenvalue weighted by Gasteiger charge is 2.49. The summed E-state index contributed by atoms with van der Waals surface area (Å²) in [7, 11) is 0. The van der Waals surface area contributed by atoms with Gasteiger partial charge in [0.05, 0.1) is 15.8 Å². The van der Waals surface area contributed by atoms with Gasteiger partial charge in [-0.1, -0.05) is 11.6 Å². The molecule has 0 bridgehead atoms. The molecule has 2 atom stereocenters. The van der Waals surface area contributed by atoms with E-state index in [1.54, 1.807) is 19.1 Å². The summed E-state index contributed by atoms with van der Waals surface area (Å²) >= 11 is 7.12. The Morgan fingerprint density at radius 3 is 2.88 bits per heavy atom. The largest absolute Gasteiger partial charge is 0.481 e. The predicted molar refractivity (Wildman–Crippen MR) is 60.6 cm³/mol. The summed E-state index contributed by atoms with van der Waals surface area (Å²) < 4.78 is 0.585. The first kappa shape index (κ1) is 11.4.